The van der Waals surface area contributed by atoms with E-state index in [-0.39, 0.29) is 5.91 Å². The molecule has 0 fully saturated rings. The van der Waals surface area contributed by atoms with Gasteiger partial charge in [-0.2, -0.15) is 0 Å². The van der Waals surface area contributed by atoms with Gasteiger partial charge in [0.25, 0.3) is 0 Å². The van der Waals surface area contributed by atoms with Crippen LogP contribution >= 0.6 is 11.9 Å². The van der Waals surface area contributed by atoms with Crippen molar-refractivity contribution in [1.82, 2.24) is 9.62 Å². The van der Waals surface area contributed by atoms with Crippen molar-refractivity contribution in [2.75, 3.05) is 6.67 Å². The van der Waals surface area contributed by atoms with Crippen molar-refractivity contribution < 1.29 is 4.79 Å². The maximum absolute atomic E-state index is 10.8. The molecule has 0 aliphatic carbocycles. The van der Waals surface area contributed by atoms with Gasteiger partial charge in [-0.3, -0.25) is 4.79 Å². The Bertz CT molecular complexity index is 403. The van der Waals surface area contributed by atoms with Gasteiger partial charge in [-0.1, -0.05) is 18.2 Å². The fraction of sp³-hybridized carbons (Fsp3) is 0.182. The predicted molar refractivity (Wildman–Crippen MR) is 61.9 cm³/mol. The molecule has 0 unspecified atom stereocenters. The van der Waals surface area contributed by atoms with Gasteiger partial charge in [-0.15, -0.1) is 0 Å². The number of nitrogens with one attached hydrogen (secondary N) is 1. The van der Waals surface area contributed by atoms with E-state index >= 15 is 0 Å². The highest BCUT2D eigenvalue weighted by Crippen LogP contribution is 2.31. The van der Waals surface area contributed by atoms with Gasteiger partial charge in [-0.05, 0) is 29.7 Å². The van der Waals surface area contributed by atoms with E-state index in [4.69, 9.17) is 0 Å². The number of hydrogen-bond donors (Lipinski definition) is 1. The maximum Gasteiger partial charge on any atom is 0.218 e. The van der Waals surface area contributed by atoms with E-state index in [0.717, 1.165) is 0 Å². The minimum Gasteiger partial charge on any atom is -0.338 e. The molecule has 1 amide bonds. The molecule has 1 N–H and O–H groups in total. The van der Waals surface area contributed by atoms with Gasteiger partial charge in [0.1, 0.15) is 6.67 Å². The number of carbonyl (C=O) groups is 1. The van der Waals surface area contributed by atoms with Crippen molar-refractivity contribution in [2.24, 2.45) is 0 Å². The van der Waals surface area contributed by atoms with Crippen LogP contribution < -0.4 is 5.32 Å². The molecule has 1 aliphatic heterocycles. The molecule has 15 heavy (non-hydrogen) atoms. The molecule has 1 aliphatic rings. The monoisotopic (exact) mass is 220 g/mol. The summed E-state index contributed by atoms with van der Waals surface area (Å²) in [4.78, 5) is 12.0. The Morgan fingerprint density at radius 2 is 2.27 bits per heavy atom. The topological polar surface area (TPSA) is 32.3 Å². The molecule has 1 heterocycles. The third kappa shape index (κ3) is 2.53. The zero-order valence-electron chi connectivity index (χ0n) is 8.43. The molecular formula is C11H12N2OS. The average Bonchev–Trinajstić information content (AvgIpc) is 2.26. The molecule has 0 bridgehead atoms. The number of fused-ring (bicyclic) bond motifs is 1. The summed E-state index contributed by atoms with van der Waals surface area (Å²) in [7, 11) is 0. The van der Waals surface area contributed by atoms with E-state index in [1.807, 2.05) is 28.7 Å². The summed E-state index contributed by atoms with van der Waals surface area (Å²) in [6.45, 7) is 2.05. The Kier molecular flexibility index (Phi) is 2.97. The quantitative estimate of drug-likeness (QED) is 0.774. The van der Waals surface area contributed by atoms with Crippen molar-refractivity contribution in [3.63, 3.8) is 0 Å². The van der Waals surface area contributed by atoms with Crippen LogP contribution in [0.25, 0.3) is 6.08 Å². The van der Waals surface area contributed by atoms with E-state index in [2.05, 4.69) is 17.4 Å². The van der Waals surface area contributed by atoms with Gasteiger partial charge in [0.05, 0.1) is 0 Å². The highest BCUT2D eigenvalue weighted by Gasteiger charge is 2.10. The van der Waals surface area contributed by atoms with Crippen LogP contribution in [0.1, 0.15) is 12.5 Å². The highest BCUT2D eigenvalue weighted by atomic mass is 32.2. The standard InChI is InChI=1S/C11H12N2OS/c1-9(14)12-8-13-7-6-10-4-2-3-5-11(10)15-13/h2-7H,8H2,1H3,(H,12,14). The molecule has 0 saturated heterocycles. The summed E-state index contributed by atoms with van der Waals surface area (Å²) < 4.78 is 1.99. The van der Waals surface area contributed by atoms with Gasteiger partial charge in [0.15, 0.2) is 0 Å². The van der Waals surface area contributed by atoms with Gasteiger partial charge in [0.2, 0.25) is 5.91 Å². The Morgan fingerprint density at radius 3 is 3.07 bits per heavy atom. The third-order valence-corrected chi connectivity index (χ3v) is 3.09. The van der Waals surface area contributed by atoms with Gasteiger partial charge < -0.3 is 9.62 Å². The van der Waals surface area contributed by atoms with Gasteiger partial charge >= 0.3 is 0 Å². The lowest BCUT2D eigenvalue weighted by Crippen LogP contribution is -2.30. The van der Waals surface area contributed by atoms with E-state index in [9.17, 15) is 4.79 Å². The first kappa shape index (κ1) is 10.1. The normalized spacial score (nSPS) is 13.5. The first-order valence-electron chi connectivity index (χ1n) is 4.72. The SMILES string of the molecule is CC(=O)NCN1C=Cc2ccccc2S1. The Balaban J connectivity index is 2.03. The second-order valence-corrected chi connectivity index (χ2v) is 4.34. The number of hydrogen-bond acceptors (Lipinski definition) is 3. The summed E-state index contributed by atoms with van der Waals surface area (Å²) in [6.07, 6.45) is 4.02. The minimum atomic E-state index is -0.0112. The van der Waals surface area contributed by atoms with Crippen LogP contribution in [-0.2, 0) is 4.79 Å². The van der Waals surface area contributed by atoms with Crippen LogP contribution in [0.15, 0.2) is 35.4 Å². The summed E-state index contributed by atoms with van der Waals surface area (Å²) >= 11 is 1.63. The molecular weight excluding hydrogens is 208 g/mol. The van der Waals surface area contributed by atoms with E-state index in [1.54, 1.807) is 11.9 Å². The summed E-state index contributed by atoms with van der Waals surface area (Å²) in [5.41, 5.74) is 1.22. The van der Waals surface area contributed by atoms with Crippen molar-refractivity contribution in [3.8, 4) is 0 Å². The fourth-order valence-electron chi connectivity index (χ4n) is 1.30. The minimum absolute atomic E-state index is 0.0112. The third-order valence-electron chi connectivity index (χ3n) is 2.04. The Hall–Kier alpha value is -1.42. The van der Waals surface area contributed by atoms with Crippen LogP contribution in [0, 0.1) is 0 Å². The second-order valence-electron chi connectivity index (χ2n) is 3.25. The molecule has 0 atom stereocenters. The summed E-state index contributed by atoms with van der Waals surface area (Å²) in [5.74, 6) is -0.0112. The molecule has 0 spiro atoms. The molecule has 1 aromatic rings. The molecule has 78 valence electrons. The molecule has 3 nitrogen and oxygen atoms in total. The maximum atomic E-state index is 10.8. The van der Waals surface area contributed by atoms with Crippen LogP contribution in [0.4, 0.5) is 0 Å². The number of amides is 1. The van der Waals surface area contributed by atoms with E-state index < -0.39 is 0 Å². The first-order valence-corrected chi connectivity index (χ1v) is 5.49. The zero-order valence-corrected chi connectivity index (χ0v) is 9.25. The Labute approximate surface area is 93.3 Å². The van der Waals surface area contributed by atoms with E-state index in [1.165, 1.54) is 17.4 Å². The molecule has 0 radical (unpaired) electrons. The van der Waals surface area contributed by atoms with Crippen LogP contribution in [0.3, 0.4) is 0 Å². The number of carbonyl (C=O) groups excluding carboxylic acids is 1. The van der Waals surface area contributed by atoms with Gasteiger partial charge in [-0.25, -0.2) is 0 Å². The molecule has 1 aromatic carbocycles. The molecule has 0 aromatic heterocycles. The Morgan fingerprint density at radius 1 is 1.47 bits per heavy atom. The van der Waals surface area contributed by atoms with Crippen molar-refractivity contribution in [1.29, 1.82) is 0 Å². The van der Waals surface area contributed by atoms with Crippen molar-refractivity contribution in [2.45, 2.75) is 11.8 Å². The highest BCUT2D eigenvalue weighted by molar-refractivity contribution is 7.97. The number of benzene rings is 1. The molecule has 2 rings (SSSR count). The number of rotatable bonds is 2. The lowest BCUT2D eigenvalue weighted by atomic mass is 10.2. The predicted octanol–water partition coefficient (Wildman–Crippen LogP) is 2.07. The second kappa shape index (κ2) is 4.40. The summed E-state index contributed by atoms with van der Waals surface area (Å²) in [5, 5.41) is 2.76. The molecule has 0 saturated carbocycles. The van der Waals surface area contributed by atoms with Gasteiger partial charge in [0, 0.05) is 18.0 Å². The average molecular weight is 220 g/mol. The van der Waals surface area contributed by atoms with Crippen LogP contribution in [0.5, 0.6) is 0 Å². The largest absolute Gasteiger partial charge is 0.338 e. The smallest absolute Gasteiger partial charge is 0.218 e. The fourth-order valence-corrected chi connectivity index (χ4v) is 2.18. The lowest BCUT2D eigenvalue weighted by molar-refractivity contribution is -0.119. The van der Waals surface area contributed by atoms with Crippen LogP contribution in [-0.4, -0.2) is 16.9 Å². The van der Waals surface area contributed by atoms with Crippen LogP contribution in [0.2, 0.25) is 0 Å². The zero-order chi connectivity index (χ0) is 10.7. The first-order chi connectivity index (χ1) is 7.25. The number of nitrogens with zero attached hydrogens (tertiary/aromatic N) is 1. The van der Waals surface area contributed by atoms with E-state index in [0.29, 0.717) is 6.67 Å². The lowest BCUT2D eigenvalue weighted by Gasteiger charge is -2.23. The van der Waals surface area contributed by atoms with Crippen molar-refractivity contribution in [3.05, 3.63) is 36.0 Å². The van der Waals surface area contributed by atoms with Crippen molar-refractivity contribution >= 4 is 23.9 Å². The molecule has 4 heteroatoms. The summed E-state index contributed by atoms with van der Waals surface area (Å²) in [6, 6.07) is 8.19.